The van der Waals surface area contributed by atoms with Gasteiger partial charge in [-0.3, -0.25) is 0 Å². The number of nitrogens with zero attached hydrogens (tertiary/aromatic N) is 2. The van der Waals surface area contributed by atoms with Crippen LogP contribution in [0.25, 0.3) is 0 Å². The molecule has 106 valence electrons. The van der Waals surface area contributed by atoms with E-state index in [2.05, 4.69) is 34.4 Å². The van der Waals surface area contributed by atoms with Crippen LogP contribution in [0.15, 0.2) is 12.3 Å². The van der Waals surface area contributed by atoms with Gasteiger partial charge in [-0.1, -0.05) is 26.7 Å². The van der Waals surface area contributed by atoms with E-state index in [0.29, 0.717) is 0 Å². The first-order valence-electron chi connectivity index (χ1n) is 7.58. The van der Waals surface area contributed by atoms with Gasteiger partial charge in [0.15, 0.2) is 0 Å². The van der Waals surface area contributed by atoms with Crippen molar-refractivity contribution < 1.29 is 0 Å². The molecule has 1 aliphatic rings. The van der Waals surface area contributed by atoms with E-state index in [4.69, 9.17) is 0 Å². The fraction of sp³-hybridized carbons (Fsp3) is 0.733. The average Bonchev–Trinajstić information content (AvgIpc) is 2.45. The second-order valence-corrected chi connectivity index (χ2v) is 5.70. The Kier molecular flexibility index (Phi) is 5.43. The summed E-state index contributed by atoms with van der Waals surface area (Å²) in [5.41, 5.74) is 0. The Labute approximate surface area is 116 Å². The van der Waals surface area contributed by atoms with Gasteiger partial charge in [0.2, 0.25) is 5.95 Å². The molecule has 1 fully saturated rings. The summed E-state index contributed by atoms with van der Waals surface area (Å²) in [6.45, 7) is 6.46. The minimum absolute atomic E-state index is 0.726. The van der Waals surface area contributed by atoms with Gasteiger partial charge in [0.05, 0.1) is 0 Å². The van der Waals surface area contributed by atoms with Crippen molar-refractivity contribution >= 4 is 11.8 Å². The molecule has 0 atom stereocenters. The maximum Gasteiger partial charge on any atom is 0.224 e. The monoisotopic (exact) mass is 262 g/mol. The third-order valence-electron chi connectivity index (χ3n) is 3.90. The molecule has 0 bridgehead atoms. The Morgan fingerprint density at radius 2 is 2.00 bits per heavy atom. The molecular weight excluding hydrogens is 236 g/mol. The van der Waals surface area contributed by atoms with Crippen LogP contribution in [0, 0.1) is 11.8 Å². The van der Waals surface area contributed by atoms with Gasteiger partial charge in [-0.2, -0.15) is 4.98 Å². The molecule has 1 saturated carbocycles. The SMILES string of the molecule is CCCNc1nccc(NCC2CCC(C)CC2)n1. The lowest BCUT2D eigenvalue weighted by atomic mass is 9.83. The molecule has 0 unspecified atom stereocenters. The molecule has 2 rings (SSSR count). The number of nitrogens with one attached hydrogen (secondary N) is 2. The summed E-state index contributed by atoms with van der Waals surface area (Å²) in [6, 6.07) is 1.95. The predicted octanol–water partition coefficient (Wildman–Crippen LogP) is 3.54. The molecule has 0 amide bonds. The van der Waals surface area contributed by atoms with E-state index < -0.39 is 0 Å². The Morgan fingerprint density at radius 3 is 2.74 bits per heavy atom. The first-order valence-corrected chi connectivity index (χ1v) is 7.58. The van der Waals surface area contributed by atoms with Gasteiger partial charge in [0.25, 0.3) is 0 Å². The molecule has 0 spiro atoms. The van der Waals surface area contributed by atoms with Crippen LogP contribution in [0.4, 0.5) is 11.8 Å². The highest BCUT2D eigenvalue weighted by molar-refractivity contribution is 5.39. The van der Waals surface area contributed by atoms with E-state index in [1.54, 1.807) is 0 Å². The normalized spacial score (nSPS) is 23.1. The summed E-state index contributed by atoms with van der Waals surface area (Å²) in [5.74, 6) is 3.38. The fourth-order valence-corrected chi connectivity index (χ4v) is 2.56. The summed E-state index contributed by atoms with van der Waals surface area (Å²) in [7, 11) is 0. The standard InChI is InChI=1S/C15H26N4/c1-3-9-16-15-17-10-8-14(19-15)18-11-13-6-4-12(2)5-7-13/h8,10,12-13H,3-7,9,11H2,1-2H3,(H2,16,17,18,19). The van der Waals surface area contributed by atoms with Gasteiger partial charge in [-0.05, 0) is 37.2 Å². The fourth-order valence-electron chi connectivity index (χ4n) is 2.56. The summed E-state index contributed by atoms with van der Waals surface area (Å²) in [6.07, 6.45) is 8.34. The van der Waals surface area contributed by atoms with Gasteiger partial charge < -0.3 is 10.6 Å². The van der Waals surface area contributed by atoms with Gasteiger partial charge in [-0.15, -0.1) is 0 Å². The molecule has 0 radical (unpaired) electrons. The molecule has 1 aromatic rings. The van der Waals surface area contributed by atoms with Crippen molar-refractivity contribution in [1.29, 1.82) is 0 Å². The zero-order valence-corrected chi connectivity index (χ0v) is 12.2. The van der Waals surface area contributed by atoms with Crippen molar-refractivity contribution in [2.45, 2.75) is 46.0 Å². The van der Waals surface area contributed by atoms with E-state index in [1.165, 1.54) is 25.7 Å². The van der Waals surface area contributed by atoms with Gasteiger partial charge >= 0.3 is 0 Å². The molecule has 0 aromatic carbocycles. The lowest BCUT2D eigenvalue weighted by molar-refractivity contribution is 0.300. The molecule has 2 N–H and O–H groups in total. The van der Waals surface area contributed by atoms with E-state index in [1.807, 2.05) is 12.3 Å². The summed E-state index contributed by atoms with van der Waals surface area (Å²) in [4.78, 5) is 8.70. The third kappa shape index (κ3) is 4.69. The van der Waals surface area contributed by atoms with Crippen molar-refractivity contribution in [2.24, 2.45) is 11.8 Å². The number of aromatic nitrogens is 2. The molecule has 4 heteroatoms. The Morgan fingerprint density at radius 1 is 1.21 bits per heavy atom. The van der Waals surface area contributed by atoms with Crippen LogP contribution in [-0.2, 0) is 0 Å². The highest BCUT2D eigenvalue weighted by atomic mass is 15.1. The van der Waals surface area contributed by atoms with Crippen LogP contribution in [0.2, 0.25) is 0 Å². The van der Waals surface area contributed by atoms with Gasteiger partial charge in [0, 0.05) is 19.3 Å². The molecule has 19 heavy (non-hydrogen) atoms. The molecular formula is C15H26N4. The zero-order chi connectivity index (χ0) is 13.5. The molecule has 1 aliphatic carbocycles. The first-order chi connectivity index (χ1) is 9.28. The minimum atomic E-state index is 0.726. The van der Waals surface area contributed by atoms with Crippen molar-refractivity contribution in [3.63, 3.8) is 0 Å². The molecule has 1 aromatic heterocycles. The molecule has 1 heterocycles. The van der Waals surface area contributed by atoms with Crippen LogP contribution in [0.3, 0.4) is 0 Å². The van der Waals surface area contributed by atoms with Crippen LogP contribution >= 0.6 is 0 Å². The Bertz CT molecular complexity index is 372. The van der Waals surface area contributed by atoms with E-state index in [0.717, 1.165) is 43.1 Å². The Hall–Kier alpha value is -1.32. The minimum Gasteiger partial charge on any atom is -0.370 e. The summed E-state index contributed by atoms with van der Waals surface area (Å²) in [5, 5.41) is 6.67. The number of anilines is 2. The van der Waals surface area contributed by atoms with E-state index >= 15 is 0 Å². The van der Waals surface area contributed by atoms with E-state index in [-0.39, 0.29) is 0 Å². The van der Waals surface area contributed by atoms with E-state index in [9.17, 15) is 0 Å². The Balaban J connectivity index is 1.78. The maximum atomic E-state index is 4.48. The second-order valence-electron chi connectivity index (χ2n) is 5.70. The van der Waals surface area contributed by atoms with Crippen molar-refractivity contribution in [2.75, 3.05) is 23.7 Å². The largest absolute Gasteiger partial charge is 0.370 e. The first kappa shape index (κ1) is 14.1. The van der Waals surface area contributed by atoms with Crippen molar-refractivity contribution in [1.82, 2.24) is 9.97 Å². The molecule has 0 saturated heterocycles. The van der Waals surface area contributed by atoms with Crippen molar-refractivity contribution in [3.05, 3.63) is 12.3 Å². The summed E-state index contributed by atoms with van der Waals surface area (Å²) < 4.78 is 0. The molecule has 0 aliphatic heterocycles. The van der Waals surface area contributed by atoms with Crippen molar-refractivity contribution in [3.8, 4) is 0 Å². The summed E-state index contributed by atoms with van der Waals surface area (Å²) >= 11 is 0. The van der Waals surface area contributed by atoms with Crippen LogP contribution in [-0.4, -0.2) is 23.1 Å². The smallest absolute Gasteiger partial charge is 0.224 e. The number of rotatable bonds is 6. The topological polar surface area (TPSA) is 49.8 Å². The lowest BCUT2D eigenvalue weighted by Gasteiger charge is -2.26. The number of hydrogen-bond donors (Lipinski definition) is 2. The number of hydrogen-bond acceptors (Lipinski definition) is 4. The third-order valence-corrected chi connectivity index (χ3v) is 3.90. The van der Waals surface area contributed by atoms with Gasteiger partial charge in [0.1, 0.15) is 5.82 Å². The predicted molar refractivity (Wildman–Crippen MR) is 80.4 cm³/mol. The van der Waals surface area contributed by atoms with Gasteiger partial charge in [-0.25, -0.2) is 4.98 Å². The average molecular weight is 262 g/mol. The lowest BCUT2D eigenvalue weighted by Crippen LogP contribution is -2.20. The van der Waals surface area contributed by atoms with Crippen LogP contribution in [0.1, 0.15) is 46.0 Å². The highest BCUT2D eigenvalue weighted by Gasteiger charge is 2.17. The maximum absolute atomic E-state index is 4.48. The quantitative estimate of drug-likeness (QED) is 0.823. The van der Waals surface area contributed by atoms with Crippen LogP contribution in [0.5, 0.6) is 0 Å². The highest BCUT2D eigenvalue weighted by Crippen LogP contribution is 2.28. The molecule has 4 nitrogen and oxygen atoms in total. The second kappa shape index (κ2) is 7.31. The zero-order valence-electron chi connectivity index (χ0n) is 12.2. The van der Waals surface area contributed by atoms with Crippen LogP contribution < -0.4 is 10.6 Å².